The fourth-order valence-corrected chi connectivity index (χ4v) is 3.05. The standard InChI is InChI=1S/C22H25N5O4/c1-15(16-9-11-17(30-4)12-10-16)25-31-13-20(28)23-24-21-18-7-5-6-8-19(18)27(22(21)29)14-26(2)3/h5-12,29H,13-14H2,1-4H3/p+1/b24-23?,25-15-. The number of nitrogens with one attached hydrogen (secondary N) is 1. The van der Waals surface area contributed by atoms with Crippen molar-refractivity contribution in [3.8, 4) is 11.6 Å². The predicted molar refractivity (Wildman–Crippen MR) is 117 cm³/mol. The first-order chi connectivity index (χ1) is 14.9. The zero-order valence-electron chi connectivity index (χ0n) is 18.0. The zero-order valence-corrected chi connectivity index (χ0v) is 18.0. The second-order valence-electron chi connectivity index (χ2n) is 7.25. The lowest BCUT2D eigenvalue weighted by Crippen LogP contribution is -3.04. The lowest BCUT2D eigenvalue weighted by atomic mass is 10.1. The molecule has 3 rings (SSSR count). The molecule has 1 aromatic heterocycles. The summed E-state index contributed by atoms with van der Waals surface area (Å²) in [6.45, 7) is 1.95. The van der Waals surface area contributed by atoms with Gasteiger partial charge in [-0.2, -0.15) is 0 Å². The van der Waals surface area contributed by atoms with Crippen molar-refractivity contribution in [2.45, 2.75) is 13.6 Å². The largest absolute Gasteiger partial charge is 0.497 e. The highest BCUT2D eigenvalue weighted by molar-refractivity contribution is 5.98. The van der Waals surface area contributed by atoms with Gasteiger partial charge in [-0.05, 0) is 42.8 Å². The Hall–Kier alpha value is -3.72. The number of quaternary nitrogens is 1. The van der Waals surface area contributed by atoms with Gasteiger partial charge >= 0.3 is 5.91 Å². The SMILES string of the molecule is COc1ccc(/C(C)=N\OCC(=O)N=Nc2c(O)n(C[NH+](C)C)c3ccccc23)cc1. The highest BCUT2D eigenvalue weighted by Gasteiger charge is 2.18. The van der Waals surface area contributed by atoms with Crippen molar-refractivity contribution in [1.82, 2.24) is 4.57 Å². The lowest BCUT2D eigenvalue weighted by Gasteiger charge is -2.10. The fourth-order valence-electron chi connectivity index (χ4n) is 3.05. The summed E-state index contributed by atoms with van der Waals surface area (Å²) >= 11 is 0. The fraction of sp³-hybridized carbons (Fsp3) is 0.273. The number of oxime groups is 1. The maximum absolute atomic E-state index is 12.1. The van der Waals surface area contributed by atoms with Crippen LogP contribution in [-0.4, -0.2) is 49.1 Å². The molecule has 9 nitrogen and oxygen atoms in total. The van der Waals surface area contributed by atoms with E-state index in [0.29, 0.717) is 17.8 Å². The van der Waals surface area contributed by atoms with Crippen molar-refractivity contribution in [3.63, 3.8) is 0 Å². The third-order valence-electron chi connectivity index (χ3n) is 4.55. The van der Waals surface area contributed by atoms with Gasteiger partial charge in [0, 0.05) is 5.39 Å². The van der Waals surface area contributed by atoms with Gasteiger partial charge in [0.1, 0.15) is 5.75 Å². The summed E-state index contributed by atoms with van der Waals surface area (Å²) in [5.41, 5.74) is 2.52. The van der Waals surface area contributed by atoms with Crippen molar-refractivity contribution in [3.05, 3.63) is 54.1 Å². The van der Waals surface area contributed by atoms with Crippen molar-refractivity contribution in [2.75, 3.05) is 27.8 Å². The first kappa shape index (κ1) is 22.0. The van der Waals surface area contributed by atoms with Crippen molar-refractivity contribution < 1.29 is 24.4 Å². The molecule has 0 saturated heterocycles. The molecular weight excluding hydrogens is 398 g/mol. The third-order valence-corrected chi connectivity index (χ3v) is 4.55. The molecule has 0 aliphatic carbocycles. The summed E-state index contributed by atoms with van der Waals surface area (Å²) in [5, 5.41) is 22.9. The van der Waals surface area contributed by atoms with Crippen molar-refractivity contribution in [2.24, 2.45) is 15.4 Å². The number of azo groups is 1. The number of hydrogen-bond acceptors (Lipinski definition) is 6. The summed E-state index contributed by atoms with van der Waals surface area (Å²) in [6.07, 6.45) is 0. The molecule has 3 aromatic rings. The average molecular weight is 424 g/mol. The maximum Gasteiger partial charge on any atom is 0.304 e. The van der Waals surface area contributed by atoms with Crippen LogP contribution in [0.25, 0.3) is 10.9 Å². The Morgan fingerprint density at radius 3 is 2.52 bits per heavy atom. The Morgan fingerprint density at radius 1 is 1.13 bits per heavy atom. The van der Waals surface area contributed by atoms with E-state index in [1.165, 1.54) is 0 Å². The number of carbonyl (C=O) groups is 1. The van der Waals surface area contributed by atoms with E-state index < -0.39 is 5.91 Å². The monoisotopic (exact) mass is 424 g/mol. The van der Waals surface area contributed by atoms with Crippen LogP contribution in [0.2, 0.25) is 0 Å². The number of nitrogens with zero attached hydrogens (tertiary/aromatic N) is 4. The first-order valence-electron chi connectivity index (χ1n) is 9.75. The second-order valence-corrected chi connectivity index (χ2v) is 7.25. The summed E-state index contributed by atoms with van der Waals surface area (Å²) in [6, 6.07) is 14.8. The zero-order chi connectivity index (χ0) is 22.4. The molecule has 0 spiro atoms. The number of aromatic hydroxyl groups is 1. The van der Waals surface area contributed by atoms with E-state index in [9.17, 15) is 9.90 Å². The van der Waals surface area contributed by atoms with E-state index in [1.807, 2.05) is 62.6 Å². The van der Waals surface area contributed by atoms with E-state index in [1.54, 1.807) is 18.6 Å². The lowest BCUT2D eigenvalue weighted by molar-refractivity contribution is -0.882. The maximum atomic E-state index is 12.1. The van der Waals surface area contributed by atoms with E-state index >= 15 is 0 Å². The molecule has 0 aliphatic heterocycles. The number of ether oxygens (including phenoxy) is 1. The molecule has 0 unspecified atom stereocenters. The minimum absolute atomic E-state index is 0.0340. The quantitative estimate of drug-likeness (QED) is 0.329. The predicted octanol–water partition coefficient (Wildman–Crippen LogP) is 2.51. The summed E-state index contributed by atoms with van der Waals surface area (Å²) in [4.78, 5) is 18.3. The van der Waals surface area contributed by atoms with E-state index in [2.05, 4.69) is 15.4 Å². The highest BCUT2D eigenvalue weighted by Crippen LogP contribution is 2.38. The van der Waals surface area contributed by atoms with Crippen LogP contribution < -0.4 is 9.64 Å². The van der Waals surface area contributed by atoms with Crippen LogP contribution in [0.1, 0.15) is 12.5 Å². The van der Waals surface area contributed by atoms with Gasteiger partial charge in [-0.25, -0.2) is 0 Å². The number of amides is 1. The minimum Gasteiger partial charge on any atom is -0.497 e. The molecule has 2 N–H and O–H groups in total. The van der Waals surface area contributed by atoms with Gasteiger partial charge < -0.3 is 19.6 Å². The Balaban J connectivity index is 1.68. The molecule has 0 radical (unpaired) electrons. The molecule has 0 saturated carbocycles. The van der Waals surface area contributed by atoms with Crippen LogP contribution in [0.3, 0.4) is 0 Å². The van der Waals surface area contributed by atoms with Gasteiger partial charge in [-0.3, -0.25) is 9.36 Å². The minimum atomic E-state index is -0.610. The van der Waals surface area contributed by atoms with Crippen molar-refractivity contribution in [1.29, 1.82) is 0 Å². The number of aromatic nitrogens is 1. The Kier molecular flexibility index (Phi) is 6.99. The molecule has 0 bridgehead atoms. The summed E-state index contributed by atoms with van der Waals surface area (Å²) < 4.78 is 6.86. The number of methoxy groups -OCH3 is 1. The number of para-hydroxylation sites is 1. The summed E-state index contributed by atoms with van der Waals surface area (Å²) in [7, 11) is 5.55. The van der Waals surface area contributed by atoms with E-state index in [-0.39, 0.29) is 18.2 Å². The number of hydrogen-bond donors (Lipinski definition) is 2. The van der Waals surface area contributed by atoms with Gasteiger partial charge in [0.25, 0.3) is 0 Å². The molecule has 1 heterocycles. The molecule has 0 fully saturated rings. The molecule has 0 atom stereocenters. The molecule has 2 aromatic carbocycles. The number of rotatable bonds is 8. The molecule has 9 heteroatoms. The van der Waals surface area contributed by atoms with Crippen molar-refractivity contribution >= 4 is 28.2 Å². The Bertz CT molecular complexity index is 1120. The first-order valence-corrected chi connectivity index (χ1v) is 9.75. The number of fused-ring (bicyclic) bond motifs is 1. The molecule has 1 amide bonds. The normalized spacial score (nSPS) is 12.1. The molecule has 162 valence electrons. The van der Waals surface area contributed by atoms with Crippen LogP contribution in [0.4, 0.5) is 5.69 Å². The third kappa shape index (κ3) is 5.26. The number of benzene rings is 2. The second kappa shape index (κ2) is 9.86. The van der Waals surface area contributed by atoms with E-state index in [4.69, 9.17) is 9.57 Å². The molecule has 0 aliphatic rings. The summed E-state index contributed by atoms with van der Waals surface area (Å²) in [5.74, 6) is 0.0960. The van der Waals surface area contributed by atoms with E-state index in [0.717, 1.165) is 21.7 Å². The van der Waals surface area contributed by atoms with Gasteiger partial charge in [0.05, 0.1) is 32.4 Å². The van der Waals surface area contributed by atoms with Gasteiger partial charge in [0.15, 0.2) is 19.0 Å². The Morgan fingerprint density at radius 2 is 1.84 bits per heavy atom. The van der Waals surface area contributed by atoms with Crippen LogP contribution in [0.15, 0.2) is 63.9 Å². The number of carbonyl (C=O) groups excluding carboxylic acids is 1. The van der Waals surface area contributed by atoms with Crippen LogP contribution in [-0.2, 0) is 16.3 Å². The van der Waals surface area contributed by atoms with Crippen LogP contribution >= 0.6 is 0 Å². The van der Waals surface area contributed by atoms with Crippen LogP contribution in [0.5, 0.6) is 11.6 Å². The smallest absolute Gasteiger partial charge is 0.304 e. The highest BCUT2D eigenvalue weighted by atomic mass is 16.6. The average Bonchev–Trinajstić information content (AvgIpc) is 3.03. The molecular formula is C22H26N5O4+. The van der Waals surface area contributed by atoms with Gasteiger partial charge in [-0.1, -0.05) is 23.4 Å². The topological polar surface area (TPSA) is 102 Å². The Labute approximate surface area is 180 Å². The van der Waals surface area contributed by atoms with Crippen LogP contribution in [0, 0.1) is 0 Å². The van der Waals surface area contributed by atoms with Gasteiger partial charge in [0.2, 0.25) is 5.88 Å². The van der Waals surface area contributed by atoms with Gasteiger partial charge in [-0.15, -0.1) is 10.2 Å². The molecule has 31 heavy (non-hydrogen) atoms.